The molecule has 16 heavy (non-hydrogen) atoms. The standard InChI is InChI=1S/C11H17N3O2/c1-2-3-9(12)11(16)14-7-6-13-10(15)8-4-5-8/h1,8-9H,3-7,12H2,(H,13,15)(H,14,16). The van der Waals surface area contributed by atoms with Crippen LogP contribution in [0, 0.1) is 18.3 Å². The zero-order chi connectivity index (χ0) is 12.0. The van der Waals surface area contributed by atoms with Crippen LogP contribution in [0.1, 0.15) is 19.3 Å². The second-order valence-corrected chi connectivity index (χ2v) is 3.87. The SMILES string of the molecule is C#CCC(N)C(=O)NCCNC(=O)C1CC1. The number of hydrogen-bond donors (Lipinski definition) is 3. The highest BCUT2D eigenvalue weighted by molar-refractivity contribution is 5.82. The molecule has 0 aromatic heterocycles. The van der Waals surface area contributed by atoms with Crippen LogP contribution in [0.25, 0.3) is 0 Å². The summed E-state index contributed by atoms with van der Waals surface area (Å²) in [6.07, 6.45) is 7.21. The number of carbonyl (C=O) groups excluding carboxylic acids is 2. The number of hydrogen-bond acceptors (Lipinski definition) is 3. The van der Waals surface area contributed by atoms with E-state index in [9.17, 15) is 9.59 Å². The third-order valence-electron chi connectivity index (χ3n) is 2.35. The van der Waals surface area contributed by atoms with Gasteiger partial charge in [-0.25, -0.2) is 0 Å². The number of nitrogens with two attached hydrogens (primary N) is 1. The highest BCUT2D eigenvalue weighted by Gasteiger charge is 2.28. The molecule has 1 unspecified atom stereocenters. The molecule has 0 radical (unpaired) electrons. The molecule has 1 fully saturated rings. The molecule has 1 rings (SSSR count). The molecule has 1 aliphatic carbocycles. The topological polar surface area (TPSA) is 84.2 Å². The van der Waals surface area contributed by atoms with Crippen molar-refractivity contribution in [2.75, 3.05) is 13.1 Å². The number of amides is 2. The summed E-state index contributed by atoms with van der Waals surface area (Å²) in [6.45, 7) is 0.819. The van der Waals surface area contributed by atoms with Crippen LogP contribution in [-0.2, 0) is 9.59 Å². The van der Waals surface area contributed by atoms with Gasteiger partial charge in [-0.1, -0.05) is 0 Å². The largest absolute Gasteiger partial charge is 0.354 e. The first kappa shape index (κ1) is 12.5. The van der Waals surface area contributed by atoms with Gasteiger partial charge in [0.2, 0.25) is 11.8 Å². The van der Waals surface area contributed by atoms with Gasteiger partial charge in [-0.15, -0.1) is 12.3 Å². The molecular weight excluding hydrogens is 206 g/mol. The first-order valence-electron chi connectivity index (χ1n) is 5.39. The highest BCUT2D eigenvalue weighted by atomic mass is 16.2. The minimum atomic E-state index is -0.663. The molecule has 4 N–H and O–H groups in total. The summed E-state index contributed by atoms with van der Waals surface area (Å²) >= 11 is 0. The van der Waals surface area contributed by atoms with Gasteiger partial charge in [-0.05, 0) is 12.8 Å². The molecule has 0 spiro atoms. The molecule has 88 valence electrons. The molecule has 0 bridgehead atoms. The molecule has 1 atom stereocenters. The summed E-state index contributed by atoms with van der Waals surface area (Å²) in [5.41, 5.74) is 5.49. The Morgan fingerprint density at radius 2 is 2.00 bits per heavy atom. The molecule has 2 amide bonds. The van der Waals surface area contributed by atoms with Crippen molar-refractivity contribution in [1.82, 2.24) is 10.6 Å². The van der Waals surface area contributed by atoms with Crippen LogP contribution in [0.2, 0.25) is 0 Å². The van der Waals surface area contributed by atoms with E-state index >= 15 is 0 Å². The van der Waals surface area contributed by atoms with Gasteiger partial charge in [0.25, 0.3) is 0 Å². The van der Waals surface area contributed by atoms with Crippen LogP contribution in [0.5, 0.6) is 0 Å². The van der Waals surface area contributed by atoms with E-state index in [2.05, 4.69) is 16.6 Å². The Morgan fingerprint density at radius 3 is 2.56 bits per heavy atom. The number of rotatable bonds is 6. The van der Waals surface area contributed by atoms with Gasteiger partial charge in [0.1, 0.15) is 0 Å². The predicted octanol–water partition coefficient (Wildman–Crippen LogP) is -1.02. The van der Waals surface area contributed by atoms with Crippen LogP contribution >= 0.6 is 0 Å². The van der Waals surface area contributed by atoms with Gasteiger partial charge in [-0.3, -0.25) is 9.59 Å². The van der Waals surface area contributed by atoms with E-state index in [0.717, 1.165) is 12.8 Å². The first-order chi connectivity index (χ1) is 7.65. The Morgan fingerprint density at radius 1 is 1.38 bits per heavy atom. The number of nitrogens with one attached hydrogen (secondary N) is 2. The van der Waals surface area contributed by atoms with Crippen molar-refractivity contribution < 1.29 is 9.59 Å². The smallest absolute Gasteiger partial charge is 0.237 e. The molecule has 0 saturated heterocycles. The van der Waals surface area contributed by atoms with E-state index in [1.54, 1.807) is 0 Å². The van der Waals surface area contributed by atoms with Crippen molar-refractivity contribution in [3.05, 3.63) is 0 Å². The molecule has 5 nitrogen and oxygen atoms in total. The summed E-state index contributed by atoms with van der Waals surface area (Å²) in [5.74, 6) is 2.31. The number of carbonyl (C=O) groups is 2. The summed E-state index contributed by atoms with van der Waals surface area (Å²) < 4.78 is 0. The zero-order valence-corrected chi connectivity index (χ0v) is 9.16. The minimum absolute atomic E-state index is 0.0715. The van der Waals surface area contributed by atoms with Gasteiger partial charge < -0.3 is 16.4 Å². The molecule has 0 aliphatic heterocycles. The average Bonchev–Trinajstić information content (AvgIpc) is 3.07. The van der Waals surface area contributed by atoms with Crippen molar-refractivity contribution in [2.24, 2.45) is 11.7 Å². The van der Waals surface area contributed by atoms with Crippen molar-refractivity contribution in [3.63, 3.8) is 0 Å². The Kier molecular flexibility index (Phi) is 4.80. The summed E-state index contributed by atoms with van der Waals surface area (Å²) in [5, 5.41) is 5.34. The maximum absolute atomic E-state index is 11.3. The van der Waals surface area contributed by atoms with E-state index in [-0.39, 0.29) is 24.2 Å². The van der Waals surface area contributed by atoms with E-state index in [0.29, 0.717) is 13.1 Å². The van der Waals surface area contributed by atoms with E-state index < -0.39 is 6.04 Å². The normalized spacial score (nSPS) is 16.0. The molecule has 1 aliphatic rings. The average molecular weight is 223 g/mol. The molecule has 0 heterocycles. The van der Waals surface area contributed by atoms with E-state index in [1.807, 2.05) is 0 Å². The van der Waals surface area contributed by atoms with E-state index in [1.165, 1.54) is 0 Å². The predicted molar refractivity (Wildman–Crippen MR) is 60.2 cm³/mol. The van der Waals surface area contributed by atoms with Crippen LogP contribution in [-0.4, -0.2) is 30.9 Å². The highest BCUT2D eigenvalue weighted by Crippen LogP contribution is 2.28. The summed E-state index contributed by atoms with van der Waals surface area (Å²) in [4.78, 5) is 22.5. The summed E-state index contributed by atoms with van der Waals surface area (Å²) in [6, 6.07) is -0.663. The second kappa shape index (κ2) is 6.13. The van der Waals surface area contributed by atoms with Gasteiger partial charge in [-0.2, -0.15) is 0 Å². The van der Waals surface area contributed by atoms with Gasteiger partial charge in [0.05, 0.1) is 6.04 Å². The van der Waals surface area contributed by atoms with Crippen LogP contribution in [0.4, 0.5) is 0 Å². The quantitative estimate of drug-likeness (QED) is 0.398. The van der Waals surface area contributed by atoms with Crippen molar-refractivity contribution in [3.8, 4) is 12.3 Å². The van der Waals surface area contributed by atoms with Crippen molar-refractivity contribution in [2.45, 2.75) is 25.3 Å². The lowest BCUT2D eigenvalue weighted by atomic mass is 10.2. The fraction of sp³-hybridized carbons (Fsp3) is 0.636. The Balaban J connectivity index is 2.03. The van der Waals surface area contributed by atoms with Gasteiger partial charge in [0.15, 0.2) is 0 Å². The molecule has 1 saturated carbocycles. The summed E-state index contributed by atoms with van der Waals surface area (Å²) in [7, 11) is 0. The van der Waals surface area contributed by atoms with Crippen molar-refractivity contribution in [1.29, 1.82) is 0 Å². The Bertz CT molecular complexity index is 305. The van der Waals surface area contributed by atoms with E-state index in [4.69, 9.17) is 12.2 Å². The zero-order valence-electron chi connectivity index (χ0n) is 9.16. The maximum atomic E-state index is 11.3. The lowest BCUT2D eigenvalue weighted by molar-refractivity contribution is -0.124. The maximum Gasteiger partial charge on any atom is 0.237 e. The Labute approximate surface area is 95.1 Å². The lowest BCUT2D eigenvalue weighted by Gasteiger charge is -2.10. The fourth-order valence-corrected chi connectivity index (χ4v) is 1.21. The van der Waals surface area contributed by atoms with Crippen LogP contribution < -0.4 is 16.4 Å². The van der Waals surface area contributed by atoms with Crippen LogP contribution in [0.3, 0.4) is 0 Å². The lowest BCUT2D eigenvalue weighted by Crippen LogP contribution is -2.43. The van der Waals surface area contributed by atoms with Gasteiger partial charge >= 0.3 is 0 Å². The monoisotopic (exact) mass is 223 g/mol. The molecular formula is C11H17N3O2. The van der Waals surface area contributed by atoms with Gasteiger partial charge in [0, 0.05) is 25.4 Å². The molecule has 0 aromatic rings. The fourth-order valence-electron chi connectivity index (χ4n) is 1.21. The number of terminal acetylenes is 1. The first-order valence-corrected chi connectivity index (χ1v) is 5.39. The molecule has 0 aromatic carbocycles. The third kappa shape index (κ3) is 4.32. The Hall–Kier alpha value is -1.54. The second-order valence-electron chi connectivity index (χ2n) is 3.87. The molecule has 5 heteroatoms. The van der Waals surface area contributed by atoms with Crippen LogP contribution in [0.15, 0.2) is 0 Å². The minimum Gasteiger partial charge on any atom is -0.354 e. The third-order valence-corrected chi connectivity index (χ3v) is 2.35. The van der Waals surface area contributed by atoms with Crippen molar-refractivity contribution >= 4 is 11.8 Å².